The minimum Gasteiger partial charge on any atom is -0.297 e. The molecule has 0 aromatic heterocycles. The van der Waals surface area contributed by atoms with Gasteiger partial charge in [-0.2, -0.15) is 0 Å². The zero-order valence-corrected chi connectivity index (χ0v) is 7.78. The maximum absolute atomic E-state index is 10.0. The molecule has 0 radical (unpaired) electrons. The van der Waals surface area contributed by atoms with E-state index in [1.807, 2.05) is 35.6 Å². The van der Waals surface area contributed by atoms with Gasteiger partial charge in [0.15, 0.2) is 6.29 Å². The fourth-order valence-electron chi connectivity index (χ4n) is 0.280. The molecule has 0 aliphatic heterocycles. The van der Waals surface area contributed by atoms with Crippen LogP contribution in [0.25, 0.3) is 0 Å². The minimum absolute atomic E-state index is 0.596. The molecule has 10 heavy (non-hydrogen) atoms. The van der Waals surface area contributed by atoms with Crippen molar-refractivity contribution in [2.45, 2.75) is 6.92 Å². The van der Waals surface area contributed by atoms with Crippen molar-refractivity contribution in [2.24, 2.45) is 4.99 Å². The van der Waals surface area contributed by atoms with Crippen molar-refractivity contribution in [3.63, 3.8) is 0 Å². The number of hydrogen-bond acceptors (Lipinski definition) is 2. The minimum atomic E-state index is 0.596. The highest BCUT2D eigenvalue weighted by Gasteiger charge is 1.79. The number of aldehydes is 1. The number of allylic oxidation sites excluding steroid dienone is 3. The molecule has 0 heterocycles. The molecule has 0 aromatic carbocycles. The summed E-state index contributed by atoms with van der Waals surface area (Å²) in [5.74, 6) is 0. The molecule has 0 saturated heterocycles. The summed E-state index contributed by atoms with van der Waals surface area (Å²) in [6.07, 6.45) is 7.56. The number of nitrogens with zero attached hydrogens (tertiary/aromatic N) is 1. The van der Waals surface area contributed by atoms with E-state index in [0.29, 0.717) is 3.58 Å². The summed E-state index contributed by atoms with van der Waals surface area (Å²) in [5, 5.41) is 0. The second-order valence-corrected chi connectivity index (χ2v) is 2.70. The molecular formula is C7H8INO. The van der Waals surface area contributed by atoms with Gasteiger partial charge in [-0.25, -0.2) is 0 Å². The second kappa shape index (κ2) is 6.67. The van der Waals surface area contributed by atoms with E-state index < -0.39 is 0 Å². The van der Waals surface area contributed by atoms with Crippen LogP contribution >= 0.6 is 22.6 Å². The number of halogens is 1. The van der Waals surface area contributed by atoms with Crippen LogP contribution in [-0.4, -0.2) is 12.5 Å². The molecule has 3 heteroatoms. The molecule has 0 N–H and O–H groups in total. The Morgan fingerprint density at radius 3 is 2.80 bits per heavy atom. The van der Waals surface area contributed by atoms with Gasteiger partial charge in [-0.1, -0.05) is 6.08 Å². The van der Waals surface area contributed by atoms with E-state index in [2.05, 4.69) is 4.99 Å². The van der Waals surface area contributed by atoms with Crippen LogP contribution < -0.4 is 0 Å². The smallest absolute Gasteiger partial charge is 0.157 e. The molecule has 0 saturated carbocycles. The van der Waals surface area contributed by atoms with Crippen molar-refractivity contribution in [3.8, 4) is 0 Å². The van der Waals surface area contributed by atoms with Crippen LogP contribution in [0.3, 0.4) is 0 Å². The first-order valence-electron chi connectivity index (χ1n) is 2.76. The Hall–Kier alpha value is -0.450. The first-order chi connectivity index (χ1) is 4.81. The quantitative estimate of drug-likeness (QED) is 0.326. The van der Waals surface area contributed by atoms with Gasteiger partial charge in [-0.15, -0.1) is 0 Å². The summed E-state index contributed by atoms with van der Waals surface area (Å²) in [6.45, 7) is 1.90. The van der Waals surface area contributed by atoms with Gasteiger partial charge in [0, 0.05) is 12.4 Å². The first kappa shape index (κ1) is 9.55. The number of aliphatic imine (C=N–C) groups is 1. The number of rotatable bonds is 3. The lowest BCUT2D eigenvalue weighted by Gasteiger charge is -1.76. The Bertz CT molecular complexity index is 182. The second-order valence-electron chi connectivity index (χ2n) is 1.46. The van der Waals surface area contributed by atoms with Crippen LogP contribution in [0, 0.1) is 0 Å². The van der Waals surface area contributed by atoms with Crippen LogP contribution in [-0.2, 0) is 4.79 Å². The van der Waals surface area contributed by atoms with Gasteiger partial charge in [0.05, 0.1) is 3.58 Å². The van der Waals surface area contributed by atoms with Crippen LogP contribution in [0.15, 0.2) is 26.9 Å². The predicted molar refractivity (Wildman–Crippen MR) is 51.5 cm³/mol. The van der Waals surface area contributed by atoms with Crippen LogP contribution in [0.4, 0.5) is 0 Å². The lowest BCUT2D eigenvalue weighted by molar-refractivity contribution is -0.104. The summed E-state index contributed by atoms with van der Waals surface area (Å²) < 4.78 is 0.596. The van der Waals surface area contributed by atoms with E-state index in [-0.39, 0.29) is 0 Å². The van der Waals surface area contributed by atoms with Crippen molar-refractivity contribution in [1.29, 1.82) is 0 Å². The molecule has 0 unspecified atom stereocenters. The number of hydrogen-bond donors (Lipinski definition) is 0. The van der Waals surface area contributed by atoms with Gasteiger partial charge in [0.25, 0.3) is 0 Å². The summed E-state index contributed by atoms with van der Waals surface area (Å²) >= 11 is 1.91. The SMILES string of the molecule is C/C=C/C=N\C=C(/I)C=O. The van der Waals surface area contributed by atoms with E-state index in [0.717, 1.165) is 6.29 Å². The topological polar surface area (TPSA) is 29.4 Å². The molecule has 0 aromatic rings. The van der Waals surface area contributed by atoms with Crippen molar-refractivity contribution in [3.05, 3.63) is 21.9 Å². The summed E-state index contributed by atoms with van der Waals surface area (Å²) in [5.41, 5.74) is 0. The van der Waals surface area contributed by atoms with Crippen molar-refractivity contribution in [2.75, 3.05) is 0 Å². The molecule has 0 atom stereocenters. The fraction of sp³-hybridized carbons (Fsp3) is 0.143. The molecule has 54 valence electrons. The molecule has 0 spiro atoms. The standard InChI is InChI=1S/C7H8INO/c1-2-3-4-9-5-7(8)6-10/h2-6H,1H3/b3-2+,7-5-,9-4-. The maximum atomic E-state index is 10.0. The van der Waals surface area contributed by atoms with Crippen LogP contribution in [0.1, 0.15) is 6.92 Å². The normalized spacial score (nSPS) is 13.2. The molecule has 0 rings (SSSR count). The Morgan fingerprint density at radius 2 is 2.30 bits per heavy atom. The van der Waals surface area contributed by atoms with Gasteiger partial charge in [-0.3, -0.25) is 9.79 Å². The molecule has 0 fully saturated rings. The number of carbonyl (C=O) groups excluding carboxylic acids is 1. The third-order valence-corrected chi connectivity index (χ3v) is 1.21. The molecule has 2 nitrogen and oxygen atoms in total. The Kier molecular flexibility index (Phi) is 6.37. The number of carbonyl (C=O) groups is 1. The fourth-order valence-corrected chi connectivity index (χ4v) is 0.441. The first-order valence-corrected chi connectivity index (χ1v) is 3.84. The molecular weight excluding hydrogens is 241 g/mol. The molecule has 0 aliphatic carbocycles. The third-order valence-electron chi connectivity index (χ3n) is 0.675. The van der Waals surface area contributed by atoms with E-state index in [9.17, 15) is 4.79 Å². The van der Waals surface area contributed by atoms with Gasteiger partial charge in [0.2, 0.25) is 0 Å². The van der Waals surface area contributed by atoms with Gasteiger partial charge >= 0.3 is 0 Å². The summed E-state index contributed by atoms with van der Waals surface area (Å²) in [6, 6.07) is 0. The van der Waals surface area contributed by atoms with Crippen molar-refractivity contribution >= 4 is 35.1 Å². The van der Waals surface area contributed by atoms with Crippen LogP contribution in [0.5, 0.6) is 0 Å². The highest BCUT2D eigenvalue weighted by Crippen LogP contribution is 1.99. The van der Waals surface area contributed by atoms with E-state index in [4.69, 9.17) is 0 Å². The monoisotopic (exact) mass is 249 g/mol. The lowest BCUT2D eigenvalue weighted by atomic mass is 10.6. The van der Waals surface area contributed by atoms with E-state index in [1.54, 1.807) is 12.3 Å². The van der Waals surface area contributed by atoms with E-state index >= 15 is 0 Å². The average Bonchev–Trinajstić information content (AvgIpc) is 1.98. The van der Waals surface area contributed by atoms with Crippen molar-refractivity contribution in [1.82, 2.24) is 0 Å². The zero-order chi connectivity index (χ0) is 7.82. The highest BCUT2D eigenvalue weighted by molar-refractivity contribution is 14.1. The lowest BCUT2D eigenvalue weighted by Crippen LogP contribution is -1.68. The zero-order valence-electron chi connectivity index (χ0n) is 5.62. The van der Waals surface area contributed by atoms with Gasteiger partial charge in [-0.05, 0) is 35.6 Å². The molecule has 0 bridgehead atoms. The Morgan fingerprint density at radius 1 is 1.60 bits per heavy atom. The summed E-state index contributed by atoms with van der Waals surface area (Å²) in [7, 11) is 0. The Balaban J connectivity index is 3.81. The highest BCUT2D eigenvalue weighted by atomic mass is 127. The largest absolute Gasteiger partial charge is 0.297 e. The average molecular weight is 249 g/mol. The van der Waals surface area contributed by atoms with E-state index in [1.165, 1.54) is 6.20 Å². The Labute approximate surface area is 73.9 Å². The van der Waals surface area contributed by atoms with Gasteiger partial charge in [0.1, 0.15) is 0 Å². The predicted octanol–water partition coefficient (Wildman–Crippen LogP) is 2.11. The molecule has 0 amide bonds. The maximum Gasteiger partial charge on any atom is 0.157 e. The third kappa shape index (κ3) is 5.68. The summed E-state index contributed by atoms with van der Waals surface area (Å²) in [4.78, 5) is 13.8. The van der Waals surface area contributed by atoms with Gasteiger partial charge < -0.3 is 0 Å². The van der Waals surface area contributed by atoms with Crippen molar-refractivity contribution < 1.29 is 4.79 Å². The molecule has 0 aliphatic rings. The van der Waals surface area contributed by atoms with Crippen LogP contribution in [0.2, 0.25) is 0 Å².